The molecule has 10 rings (SSSR count). The van der Waals surface area contributed by atoms with Crippen molar-refractivity contribution in [2.75, 3.05) is 4.90 Å². The van der Waals surface area contributed by atoms with E-state index in [0.29, 0.717) is 23.0 Å². The number of hydrogen-bond acceptors (Lipinski definition) is 2. The van der Waals surface area contributed by atoms with Crippen LogP contribution >= 0.6 is 0 Å². The summed E-state index contributed by atoms with van der Waals surface area (Å²) in [6.45, 7) is 0. The molecule has 2 nitrogen and oxygen atoms in total. The highest BCUT2D eigenvalue weighted by molar-refractivity contribution is 5.96. The highest BCUT2D eigenvalue weighted by atomic mass is 15.1. The van der Waals surface area contributed by atoms with E-state index in [2.05, 4.69) is 53.4 Å². The third-order valence-electron chi connectivity index (χ3n) is 10.9. The first-order chi connectivity index (χ1) is 23.3. The molecular weight excluding hydrogens is 520 g/mol. The Bertz CT molecular complexity index is 2110. The van der Waals surface area contributed by atoms with Crippen LogP contribution in [0.15, 0.2) is 121 Å². The number of hydrogen-bond donors (Lipinski definition) is 0. The van der Waals surface area contributed by atoms with E-state index >= 15 is 0 Å². The average Bonchev–Trinajstić information content (AvgIpc) is 3.40. The van der Waals surface area contributed by atoms with Crippen LogP contribution in [0, 0.1) is 35.0 Å². The maximum Gasteiger partial charge on any atom is 0.0991 e. The van der Waals surface area contributed by atoms with E-state index in [-0.39, 0.29) is 41.2 Å². The van der Waals surface area contributed by atoms with Crippen molar-refractivity contribution in [3.8, 4) is 28.3 Å². The molecule has 0 unspecified atom stereocenters. The van der Waals surface area contributed by atoms with E-state index in [1.54, 1.807) is 0 Å². The molecule has 2 heteroatoms. The molecule has 5 aliphatic rings. The number of nitriles is 1. The molecule has 5 aromatic rings. The topological polar surface area (TPSA) is 27.0 Å². The second-order valence-electron chi connectivity index (χ2n) is 13.0. The average molecular weight is 560 g/mol. The van der Waals surface area contributed by atoms with Gasteiger partial charge in [0.2, 0.25) is 0 Å². The Balaban J connectivity index is 1.40. The van der Waals surface area contributed by atoms with Crippen LogP contribution in [0.1, 0.15) is 55.6 Å². The minimum atomic E-state index is -0.386. The molecule has 5 aliphatic carbocycles. The molecular formula is C41H34N2. The van der Waals surface area contributed by atoms with Gasteiger partial charge < -0.3 is 4.90 Å². The molecule has 4 fully saturated rings. The molecule has 0 atom stereocenters. The van der Waals surface area contributed by atoms with Crippen LogP contribution in [0.5, 0.6) is 0 Å². The van der Waals surface area contributed by atoms with E-state index in [0.717, 1.165) is 40.0 Å². The molecule has 0 heterocycles. The SMILES string of the molecule is [2H]c1c([2H])c([2H])c(-c2cc(N(c3ccccc3)c3ccc(C#N)cc3)cc3c2-c2ccccc2C32C3CC4CC(C3)CC2C4)c([2H])c1[2H]. The molecule has 0 aliphatic heterocycles. The van der Waals surface area contributed by atoms with Crippen LogP contribution in [0.2, 0.25) is 0 Å². The number of fused-ring (bicyclic) bond motifs is 3. The van der Waals surface area contributed by atoms with E-state index in [1.165, 1.54) is 43.2 Å². The fourth-order valence-corrected chi connectivity index (χ4v) is 9.68. The summed E-state index contributed by atoms with van der Waals surface area (Å²) in [7, 11) is 0. The molecule has 0 saturated heterocycles. The van der Waals surface area contributed by atoms with Gasteiger partial charge in [0.05, 0.1) is 18.5 Å². The standard InChI is InChI=1S/C41H34N2/c42-26-27-15-17-34(18-16-27)43(33-11-5-2-6-12-33)35-24-37(30-9-3-1-4-10-30)40-36-13-7-8-14-38(36)41(39(40)25-35)31-20-28-19-29(22-31)23-32(41)21-28/h1-18,24-25,28-29,31-32H,19-23H2/i1D,3D,4D,9D,10D. The monoisotopic (exact) mass is 559 g/mol. The summed E-state index contributed by atoms with van der Waals surface area (Å²) in [5, 5.41) is 9.57. The Hall–Kier alpha value is -4.61. The number of benzene rings is 5. The number of rotatable bonds is 4. The number of nitrogens with zero attached hydrogens (tertiary/aromatic N) is 2. The molecule has 208 valence electrons. The summed E-state index contributed by atoms with van der Waals surface area (Å²) in [5.41, 5.74) is 8.66. The van der Waals surface area contributed by atoms with Gasteiger partial charge in [0, 0.05) is 22.5 Å². The first kappa shape index (κ1) is 20.3. The lowest BCUT2D eigenvalue weighted by molar-refractivity contribution is -0.0399. The van der Waals surface area contributed by atoms with E-state index in [1.807, 2.05) is 48.5 Å². The fraction of sp³-hybridized carbons (Fsp3) is 0.244. The molecule has 0 N–H and O–H groups in total. The summed E-state index contributed by atoms with van der Waals surface area (Å²) in [4.78, 5) is 2.17. The molecule has 4 saturated carbocycles. The normalized spacial score (nSPS) is 27.4. The highest BCUT2D eigenvalue weighted by Crippen LogP contribution is 2.70. The van der Waals surface area contributed by atoms with Gasteiger partial charge in [0.1, 0.15) is 0 Å². The van der Waals surface area contributed by atoms with E-state index in [4.69, 9.17) is 6.85 Å². The minimum absolute atomic E-state index is 0.187. The third-order valence-corrected chi connectivity index (χ3v) is 10.9. The van der Waals surface area contributed by atoms with Gasteiger partial charge in [0.25, 0.3) is 0 Å². The Kier molecular flexibility index (Phi) is 4.47. The van der Waals surface area contributed by atoms with Gasteiger partial charge in [-0.1, -0.05) is 72.7 Å². The molecule has 43 heavy (non-hydrogen) atoms. The number of para-hydroxylation sites is 1. The third kappa shape index (κ3) is 3.58. The Labute approximate surface area is 261 Å². The zero-order chi connectivity index (χ0) is 32.9. The summed E-state index contributed by atoms with van der Waals surface area (Å²) in [5.74, 6) is 2.49. The van der Waals surface area contributed by atoms with Gasteiger partial charge in [0.15, 0.2) is 0 Å². The largest absolute Gasteiger partial charge is 0.310 e. The Morgan fingerprint density at radius 3 is 2.00 bits per heavy atom. The van der Waals surface area contributed by atoms with Gasteiger partial charge in [-0.25, -0.2) is 0 Å². The predicted octanol–water partition coefficient (Wildman–Crippen LogP) is 10.4. The Morgan fingerprint density at radius 1 is 0.651 bits per heavy atom. The van der Waals surface area contributed by atoms with Gasteiger partial charge in [-0.05, 0) is 138 Å². The first-order valence-corrected chi connectivity index (χ1v) is 15.5. The lowest BCUT2D eigenvalue weighted by atomic mass is 9.43. The quantitative estimate of drug-likeness (QED) is 0.219. The van der Waals surface area contributed by atoms with E-state index in [9.17, 15) is 5.26 Å². The first-order valence-electron chi connectivity index (χ1n) is 18.0. The fourth-order valence-electron chi connectivity index (χ4n) is 9.68. The van der Waals surface area contributed by atoms with Crippen molar-refractivity contribution in [2.45, 2.75) is 37.5 Å². The van der Waals surface area contributed by atoms with Crippen LogP contribution in [0.3, 0.4) is 0 Å². The maximum absolute atomic E-state index is 9.57. The van der Waals surface area contributed by atoms with Crippen LogP contribution < -0.4 is 4.90 Å². The van der Waals surface area contributed by atoms with Crippen molar-refractivity contribution in [2.24, 2.45) is 23.7 Å². The lowest BCUT2D eigenvalue weighted by Crippen LogP contribution is -2.55. The van der Waals surface area contributed by atoms with Gasteiger partial charge in [-0.15, -0.1) is 0 Å². The van der Waals surface area contributed by atoms with Crippen molar-refractivity contribution >= 4 is 17.1 Å². The maximum atomic E-state index is 9.57. The summed E-state index contributed by atoms with van der Waals surface area (Å²) < 4.78 is 44.0. The molecule has 0 radical (unpaired) electrons. The molecule has 0 aromatic heterocycles. The molecule has 5 aromatic carbocycles. The van der Waals surface area contributed by atoms with Crippen LogP contribution in [0.25, 0.3) is 22.3 Å². The molecule has 1 spiro atoms. The molecule has 0 amide bonds. The number of anilines is 3. The van der Waals surface area contributed by atoms with Crippen LogP contribution in [0.4, 0.5) is 17.1 Å². The van der Waals surface area contributed by atoms with Crippen LogP contribution in [-0.2, 0) is 5.41 Å². The van der Waals surface area contributed by atoms with Gasteiger partial charge in [-0.3, -0.25) is 0 Å². The smallest absolute Gasteiger partial charge is 0.0991 e. The second-order valence-corrected chi connectivity index (χ2v) is 13.0. The van der Waals surface area contributed by atoms with Gasteiger partial charge >= 0.3 is 0 Å². The van der Waals surface area contributed by atoms with E-state index < -0.39 is 0 Å². The van der Waals surface area contributed by atoms with Crippen molar-refractivity contribution < 1.29 is 6.85 Å². The predicted molar refractivity (Wildman–Crippen MR) is 175 cm³/mol. The minimum Gasteiger partial charge on any atom is -0.310 e. The molecule has 4 bridgehead atoms. The second kappa shape index (κ2) is 9.45. The lowest BCUT2D eigenvalue weighted by Gasteiger charge is -2.61. The van der Waals surface area contributed by atoms with Crippen molar-refractivity contribution in [3.63, 3.8) is 0 Å². The van der Waals surface area contributed by atoms with Crippen molar-refractivity contribution in [1.82, 2.24) is 0 Å². The van der Waals surface area contributed by atoms with Crippen molar-refractivity contribution in [3.05, 3.63) is 138 Å². The zero-order valence-corrected chi connectivity index (χ0v) is 23.9. The van der Waals surface area contributed by atoms with Crippen LogP contribution in [-0.4, -0.2) is 0 Å². The summed E-state index contributed by atoms with van der Waals surface area (Å²) >= 11 is 0. The summed E-state index contributed by atoms with van der Waals surface area (Å²) in [6.07, 6.45) is 6.14. The summed E-state index contributed by atoms with van der Waals surface area (Å²) in [6, 6.07) is 31.6. The zero-order valence-electron chi connectivity index (χ0n) is 28.9. The van der Waals surface area contributed by atoms with Crippen molar-refractivity contribution in [1.29, 1.82) is 5.26 Å². The highest BCUT2D eigenvalue weighted by Gasteiger charge is 2.61. The van der Waals surface area contributed by atoms with Gasteiger partial charge in [-0.2, -0.15) is 5.26 Å². The Morgan fingerprint density at radius 2 is 1.30 bits per heavy atom.